The van der Waals surface area contributed by atoms with E-state index in [1.54, 1.807) is 0 Å². The van der Waals surface area contributed by atoms with Crippen LogP contribution in [0.3, 0.4) is 0 Å². The van der Waals surface area contributed by atoms with E-state index in [9.17, 15) is 18.3 Å². The van der Waals surface area contributed by atoms with E-state index in [1.165, 1.54) is 13.1 Å². The van der Waals surface area contributed by atoms with Gasteiger partial charge in [0, 0.05) is 18.7 Å². The van der Waals surface area contributed by atoms with E-state index >= 15 is 0 Å². The summed E-state index contributed by atoms with van der Waals surface area (Å²) >= 11 is 0. The van der Waals surface area contributed by atoms with E-state index < -0.39 is 16.0 Å². The molecular formula is C12H18KN3O4S. The summed E-state index contributed by atoms with van der Waals surface area (Å²) in [5.74, 6) is -1.06. The topological polar surface area (TPSA) is 102 Å². The molecule has 0 amide bonds. The van der Waals surface area contributed by atoms with Gasteiger partial charge in [0.1, 0.15) is 11.6 Å². The van der Waals surface area contributed by atoms with E-state index in [-0.39, 0.29) is 68.8 Å². The summed E-state index contributed by atoms with van der Waals surface area (Å²) in [5.41, 5.74) is -0.128. The Bertz CT molecular complexity index is 607. The van der Waals surface area contributed by atoms with Crippen LogP contribution in [0, 0.1) is 0 Å². The van der Waals surface area contributed by atoms with E-state index in [4.69, 9.17) is 0 Å². The molecule has 1 heterocycles. The first kappa shape index (κ1) is 20.8. The molecule has 0 aliphatic heterocycles. The second kappa shape index (κ2) is 8.44. The van der Waals surface area contributed by atoms with Gasteiger partial charge < -0.3 is 15.2 Å². The van der Waals surface area contributed by atoms with Crippen LogP contribution in [0.15, 0.2) is 12.1 Å². The Morgan fingerprint density at radius 2 is 2.05 bits per heavy atom. The molecule has 1 N–H and O–H groups in total. The molecule has 112 valence electrons. The predicted molar refractivity (Wildman–Crippen MR) is 75.2 cm³/mol. The zero-order valence-corrected chi connectivity index (χ0v) is 16.8. The number of aromatic carboxylic acids is 1. The zero-order chi connectivity index (χ0) is 15.5. The fraction of sp³-hybridized carbons (Fsp3) is 0.500. The minimum Gasteiger partial charge on any atom is -0.545 e. The van der Waals surface area contributed by atoms with Crippen molar-refractivity contribution in [1.82, 2.24) is 4.98 Å². The van der Waals surface area contributed by atoms with Gasteiger partial charge in [0.15, 0.2) is 0 Å². The Morgan fingerprint density at radius 3 is 2.48 bits per heavy atom. The van der Waals surface area contributed by atoms with Gasteiger partial charge in [0.25, 0.3) is 0 Å². The Morgan fingerprint density at radius 1 is 1.48 bits per heavy atom. The van der Waals surface area contributed by atoms with Crippen LogP contribution in [0.5, 0.6) is 0 Å². The molecule has 0 saturated carbocycles. The fourth-order valence-electron chi connectivity index (χ4n) is 1.39. The van der Waals surface area contributed by atoms with Crippen LogP contribution >= 0.6 is 0 Å². The number of nitrogens with one attached hydrogen (secondary N) is 1. The molecule has 1 atom stereocenters. The number of rotatable bonds is 6. The summed E-state index contributed by atoms with van der Waals surface area (Å²) in [7, 11) is -2.21. The van der Waals surface area contributed by atoms with E-state index in [0.29, 0.717) is 5.82 Å². The van der Waals surface area contributed by atoms with Crippen molar-refractivity contribution in [3.63, 3.8) is 0 Å². The number of pyridine rings is 1. The number of hydrogen-bond donors (Lipinski definition) is 1. The molecule has 0 spiro atoms. The molecule has 0 saturated heterocycles. The van der Waals surface area contributed by atoms with Crippen molar-refractivity contribution < 1.29 is 69.7 Å². The second-order valence-corrected chi connectivity index (χ2v) is 6.58. The van der Waals surface area contributed by atoms with Gasteiger partial charge in [-0.25, -0.2) is 13.4 Å². The molecule has 0 aliphatic rings. The van der Waals surface area contributed by atoms with Crippen LogP contribution in [-0.2, 0) is 10.0 Å². The molecule has 7 nitrogen and oxygen atoms in total. The number of carbonyl (C=O) groups excluding carboxylic acids is 1. The molecule has 0 aromatic carbocycles. The summed E-state index contributed by atoms with van der Waals surface area (Å²) in [4.78, 5) is 15.1. The number of aromatic nitrogens is 1. The van der Waals surface area contributed by atoms with E-state index in [1.807, 2.05) is 13.8 Å². The van der Waals surface area contributed by atoms with Crippen LogP contribution in [0.25, 0.3) is 0 Å². The summed E-state index contributed by atoms with van der Waals surface area (Å²) in [5, 5.41) is 14.0. The van der Waals surface area contributed by atoms with Crippen molar-refractivity contribution in [3.8, 4) is 0 Å². The number of carboxylic acid groups (broad SMARTS) is 1. The third-order valence-corrected chi connectivity index (χ3v) is 4.06. The number of carboxylic acids is 1. The number of hydrogen-bond acceptors (Lipinski definition) is 6. The van der Waals surface area contributed by atoms with E-state index in [0.717, 1.165) is 23.0 Å². The maximum absolute atomic E-state index is 11.5. The monoisotopic (exact) mass is 339 g/mol. The number of anilines is 2. The van der Waals surface area contributed by atoms with Crippen molar-refractivity contribution in [1.29, 1.82) is 0 Å². The minimum absolute atomic E-state index is 0. The summed E-state index contributed by atoms with van der Waals surface area (Å²) in [6, 6.07) is 2.56. The Kier molecular flexibility index (Phi) is 8.36. The average molecular weight is 339 g/mol. The van der Waals surface area contributed by atoms with Gasteiger partial charge >= 0.3 is 51.4 Å². The Balaban J connectivity index is 0.00000400. The molecule has 1 aromatic rings. The zero-order valence-electron chi connectivity index (χ0n) is 12.9. The molecule has 1 aromatic heterocycles. The van der Waals surface area contributed by atoms with Crippen LogP contribution in [0.1, 0.15) is 30.6 Å². The van der Waals surface area contributed by atoms with Crippen molar-refractivity contribution in [2.24, 2.45) is 0 Å². The van der Waals surface area contributed by atoms with E-state index in [2.05, 4.69) is 10.3 Å². The van der Waals surface area contributed by atoms with Gasteiger partial charge in [-0.1, -0.05) is 6.92 Å². The quantitative estimate of drug-likeness (QED) is 0.556. The molecule has 9 heteroatoms. The first-order chi connectivity index (χ1) is 9.15. The molecule has 21 heavy (non-hydrogen) atoms. The van der Waals surface area contributed by atoms with Crippen LogP contribution in [0.4, 0.5) is 11.6 Å². The molecule has 1 rings (SSSR count). The van der Waals surface area contributed by atoms with Crippen LogP contribution < -0.4 is 66.1 Å². The van der Waals surface area contributed by atoms with Crippen molar-refractivity contribution in [3.05, 3.63) is 17.7 Å². The summed E-state index contributed by atoms with van der Waals surface area (Å²) < 4.78 is 23.9. The van der Waals surface area contributed by atoms with Crippen molar-refractivity contribution in [2.45, 2.75) is 26.3 Å². The first-order valence-electron chi connectivity index (χ1n) is 6.09. The van der Waals surface area contributed by atoms with Crippen LogP contribution in [-0.4, -0.2) is 38.7 Å². The number of sulfonamides is 1. The smallest absolute Gasteiger partial charge is 0.545 e. The Hall–Kier alpha value is -0.194. The van der Waals surface area contributed by atoms with Gasteiger partial charge in [0.05, 0.1) is 12.2 Å². The van der Waals surface area contributed by atoms with Crippen LogP contribution in [0.2, 0.25) is 0 Å². The maximum atomic E-state index is 11.5. The minimum atomic E-state index is -3.52. The van der Waals surface area contributed by atoms with Gasteiger partial charge in [-0.2, -0.15) is 0 Å². The third kappa shape index (κ3) is 6.21. The largest absolute Gasteiger partial charge is 1.00 e. The van der Waals surface area contributed by atoms with Gasteiger partial charge in [-0.05, 0) is 25.5 Å². The third-order valence-electron chi connectivity index (χ3n) is 2.87. The maximum Gasteiger partial charge on any atom is 1.00 e. The predicted octanol–water partition coefficient (Wildman–Crippen LogP) is -2.94. The van der Waals surface area contributed by atoms with Gasteiger partial charge in [-0.3, -0.25) is 4.31 Å². The summed E-state index contributed by atoms with van der Waals surface area (Å²) in [6.45, 7) is 3.87. The molecule has 0 aliphatic carbocycles. The second-order valence-electron chi connectivity index (χ2n) is 4.57. The first-order valence-corrected chi connectivity index (χ1v) is 7.93. The van der Waals surface area contributed by atoms with Crippen molar-refractivity contribution in [2.75, 3.05) is 22.9 Å². The van der Waals surface area contributed by atoms with Gasteiger partial charge in [-0.15, -0.1) is 0 Å². The normalized spacial score (nSPS) is 12.2. The summed E-state index contributed by atoms with van der Waals surface area (Å²) in [6.07, 6.45) is 1.83. The molecular weight excluding hydrogens is 321 g/mol. The standard InChI is InChI=1S/C12H19N3O4S.K/c1-5-8(2)13-10-6-9(12(16)17)7-11(14-10)15(3)20(4,18)19;/h6-8H,5H2,1-4H3,(H,13,14)(H,16,17);/q;+1/p-1/t8-;/m0./s1. The number of carbonyl (C=O) groups is 1. The average Bonchev–Trinajstić information content (AvgIpc) is 2.36. The van der Waals surface area contributed by atoms with Gasteiger partial charge in [0.2, 0.25) is 10.0 Å². The molecule has 0 fully saturated rings. The molecule has 0 unspecified atom stereocenters. The number of nitrogens with zero attached hydrogens (tertiary/aromatic N) is 2. The molecule has 0 radical (unpaired) electrons. The molecule has 0 bridgehead atoms. The fourth-order valence-corrected chi connectivity index (χ4v) is 1.83. The van der Waals surface area contributed by atoms with Crippen molar-refractivity contribution >= 4 is 27.6 Å². The SMILES string of the molecule is CC[C@H](C)Nc1cc(C(=O)[O-])cc(N(C)S(C)(=O)=O)n1.[K+]. The Labute approximate surface area is 167 Å².